The maximum atomic E-state index is 9.02. The summed E-state index contributed by atoms with van der Waals surface area (Å²) in [7, 11) is 1.78. The number of anilines is 1. The number of nitrogens with zero attached hydrogens (tertiary/aromatic N) is 2. The number of rotatable bonds is 1. The molecule has 0 bridgehead atoms. The normalized spacial score (nSPS) is 10.1. The van der Waals surface area contributed by atoms with Crippen molar-refractivity contribution in [2.45, 2.75) is 13.8 Å². The van der Waals surface area contributed by atoms with E-state index in [1.165, 1.54) is 5.56 Å². The minimum atomic E-state index is 0.583. The van der Waals surface area contributed by atoms with Gasteiger partial charge in [0.25, 0.3) is 0 Å². The zero-order chi connectivity index (χ0) is 11.7. The van der Waals surface area contributed by atoms with E-state index in [0.29, 0.717) is 11.4 Å². The van der Waals surface area contributed by atoms with Gasteiger partial charge in [0.1, 0.15) is 11.9 Å². The lowest BCUT2D eigenvalue weighted by molar-refractivity contribution is 1.29. The molecule has 0 aliphatic heterocycles. The Morgan fingerprint density at radius 1 is 1.25 bits per heavy atom. The summed E-state index contributed by atoms with van der Waals surface area (Å²) in [5.74, 6) is 0.641. The van der Waals surface area contributed by atoms with Crippen LogP contribution in [0.4, 0.5) is 5.82 Å². The van der Waals surface area contributed by atoms with Gasteiger partial charge in [0.2, 0.25) is 0 Å². The van der Waals surface area contributed by atoms with E-state index in [-0.39, 0.29) is 0 Å². The highest BCUT2D eigenvalue weighted by Crippen LogP contribution is 2.23. The molecule has 1 aromatic heterocycles. The van der Waals surface area contributed by atoms with Crippen LogP contribution >= 0.6 is 0 Å². The van der Waals surface area contributed by atoms with E-state index < -0.39 is 0 Å². The first-order valence-corrected chi connectivity index (χ1v) is 5.15. The van der Waals surface area contributed by atoms with Gasteiger partial charge in [-0.1, -0.05) is 11.6 Å². The Balaban J connectivity index is 2.84. The van der Waals surface area contributed by atoms with Crippen molar-refractivity contribution in [2.75, 3.05) is 12.4 Å². The molecule has 0 saturated carbocycles. The van der Waals surface area contributed by atoms with E-state index in [4.69, 9.17) is 5.26 Å². The van der Waals surface area contributed by atoms with Crippen molar-refractivity contribution in [3.05, 3.63) is 34.9 Å². The van der Waals surface area contributed by atoms with Gasteiger partial charge in [0.05, 0.1) is 11.1 Å². The van der Waals surface area contributed by atoms with E-state index in [0.717, 1.165) is 16.5 Å². The lowest BCUT2D eigenvalue weighted by atomic mass is 10.1. The van der Waals surface area contributed by atoms with Crippen molar-refractivity contribution in [1.82, 2.24) is 4.98 Å². The Hall–Kier alpha value is -2.08. The molecule has 1 N–H and O–H groups in total. The summed E-state index contributed by atoms with van der Waals surface area (Å²) in [6.45, 7) is 4.08. The fraction of sp³-hybridized carbons (Fsp3) is 0.231. The summed E-state index contributed by atoms with van der Waals surface area (Å²) < 4.78 is 0. The molecular formula is C13H13N3. The average Bonchev–Trinajstić information content (AvgIpc) is 2.27. The zero-order valence-electron chi connectivity index (χ0n) is 9.63. The lowest BCUT2D eigenvalue weighted by Crippen LogP contribution is -1.97. The zero-order valence-corrected chi connectivity index (χ0v) is 9.63. The predicted molar refractivity (Wildman–Crippen MR) is 65.5 cm³/mol. The third kappa shape index (κ3) is 1.59. The van der Waals surface area contributed by atoms with Gasteiger partial charge in [-0.05, 0) is 31.5 Å². The Morgan fingerprint density at radius 3 is 2.62 bits per heavy atom. The first kappa shape index (κ1) is 10.4. The van der Waals surface area contributed by atoms with Crippen molar-refractivity contribution in [2.24, 2.45) is 0 Å². The van der Waals surface area contributed by atoms with Crippen LogP contribution in [0, 0.1) is 25.2 Å². The Bertz CT molecular complexity index is 594. The number of nitrogens with one attached hydrogen (secondary N) is 1. The molecule has 3 nitrogen and oxygen atoms in total. The standard InChI is InChI=1S/C13H13N3/c1-8-4-9(2)12-10(5-8)6-11(7-14)13(15-3)16-12/h4-6H,1-3H3,(H,15,16). The molecule has 0 atom stereocenters. The van der Waals surface area contributed by atoms with E-state index in [2.05, 4.69) is 28.5 Å². The maximum absolute atomic E-state index is 9.02. The summed E-state index contributed by atoms with van der Waals surface area (Å²) in [6.07, 6.45) is 0. The third-order valence-corrected chi connectivity index (χ3v) is 2.61. The molecule has 0 aliphatic carbocycles. The third-order valence-electron chi connectivity index (χ3n) is 2.61. The number of aromatic nitrogens is 1. The maximum Gasteiger partial charge on any atom is 0.144 e. The molecule has 0 radical (unpaired) electrons. The van der Waals surface area contributed by atoms with Crippen LogP contribution in [0.2, 0.25) is 0 Å². The fourth-order valence-corrected chi connectivity index (χ4v) is 1.93. The van der Waals surface area contributed by atoms with Crippen molar-refractivity contribution >= 4 is 16.7 Å². The number of pyridine rings is 1. The summed E-state index contributed by atoms with van der Waals surface area (Å²) in [5.41, 5.74) is 3.86. The predicted octanol–water partition coefficient (Wildman–Crippen LogP) is 2.77. The Kier molecular flexibility index (Phi) is 2.49. The van der Waals surface area contributed by atoms with Crippen molar-refractivity contribution < 1.29 is 0 Å². The van der Waals surface area contributed by atoms with Crippen LogP contribution in [0.5, 0.6) is 0 Å². The smallest absolute Gasteiger partial charge is 0.144 e. The first-order chi connectivity index (χ1) is 7.65. The molecule has 80 valence electrons. The van der Waals surface area contributed by atoms with Crippen molar-refractivity contribution in [3.63, 3.8) is 0 Å². The number of hydrogen-bond acceptors (Lipinski definition) is 3. The number of benzene rings is 1. The van der Waals surface area contributed by atoms with Crippen LogP contribution in [0.25, 0.3) is 10.9 Å². The minimum Gasteiger partial charge on any atom is -0.372 e. The van der Waals surface area contributed by atoms with Crippen LogP contribution in [0.15, 0.2) is 18.2 Å². The SMILES string of the molecule is CNc1nc2c(C)cc(C)cc2cc1C#N. The molecule has 0 spiro atoms. The fourth-order valence-electron chi connectivity index (χ4n) is 1.93. The molecule has 0 aliphatic rings. The second-order valence-electron chi connectivity index (χ2n) is 3.90. The average molecular weight is 211 g/mol. The molecule has 3 heteroatoms. The highest BCUT2D eigenvalue weighted by atomic mass is 15.0. The summed E-state index contributed by atoms with van der Waals surface area (Å²) in [5, 5.41) is 13.0. The van der Waals surface area contributed by atoms with Crippen LogP contribution in [0.3, 0.4) is 0 Å². The van der Waals surface area contributed by atoms with E-state index in [1.54, 1.807) is 7.05 Å². The van der Waals surface area contributed by atoms with Crippen LogP contribution in [-0.4, -0.2) is 12.0 Å². The van der Waals surface area contributed by atoms with E-state index in [9.17, 15) is 0 Å². The highest BCUT2D eigenvalue weighted by molar-refractivity contribution is 5.86. The molecular weight excluding hydrogens is 198 g/mol. The summed E-state index contributed by atoms with van der Waals surface area (Å²) in [4.78, 5) is 4.47. The van der Waals surface area contributed by atoms with Crippen molar-refractivity contribution in [1.29, 1.82) is 5.26 Å². The molecule has 0 amide bonds. The van der Waals surface area contributed by atoms with Crippen LogP contribution in [0.1, 0.15) is 16.7 Å². The molecule has 2 rings (SSSR count). The van der Waals surface area contributed by atoms with Gasteiger partial charge >= 0.3 is 0 Å². The number of aryl methyl sites for hydroxylation is 2. The van der Waals surface area contributed by atoms with Gasteiger partial charge in [-0.15, -0.1) is 0 Å². The molecule has 0 fully saturated rings. The summed E-state index contributed by atoms with van der Waals surface area (Å²) in [6, 6.07) is 8.18. The van der Waals surface area contributed by atoms with Crippen LogP contribution in [-0.2, 0) is 0 Å². The molecule has 0 saturated heterocycles. The van der Waals surface area contributed by atoms with Gasteiger partial charge in [0, 0.05) is 12.4 Å². The number of hydrogen-bond donors (Lipinski definition) is 1. The topological polar surface area (TPSA) is 48.7 Å². The number of nitriles is 1. The van der Waals surface area contributed by atoms with Crippen molar-refractivity contribution in [3.8, 4) is 6.07 Å². The highest BCUT2D eigenvalue weighted by Gasteiger charge is 2.07. The van der Waals surface area contributed by atoms with Gasteiger partial charge < -0.3 is 5.32 Å². The first-order valence-electron chi connectivity index (χ1n) is 5.15. The van der Waals surface area contributed by atoms with E-state index in [1.807, 2.05) is 19.9 Å². The summed E-state index contributed by atoms with van der Waals surface area (Å²) >= 11 is 0. The second kappa shape index (κ2) is 3.82. The molecule has 16 heavy (non-hydrogen) atoms. The van der Waals surface area contributed by atoms with Crippen LogP contribution < -0.4 is 5.32 Å². The molecule has 0 unspecified atom stereocenters. The minimum absolute atomic E-state index is 0.583. The molecule has 1 aromatic carbocycles. The van der Waals surface area contributed by atoms with Gasteiger partial charge in [0.15, 0.2) is 0 Å². The molecule has 1 heterocycles. The Morgan fingerprint density at radius 2 is 2.00 bits per heavy atom. The largest absolute Gasteiger partial charge is 0.372 e. The molecule has 2 aromatic rings. The van der Waals surface area contributed by atoms with Gasteiger partial charge in [-0.2, -0.15) is 5.26 Å². The monoisotopic (exact) mass is 211 g/mol. The quantitative estimate of drug-likeness (QED) is 0.789. The Labute approximate surface area is 94.7 Å². The second-order valence-corrected chi connectivity index (χ2v) is 3.90. The van der Waals surface area contributed by atoms with E-state index >= 15 is 0 Å². The van der Waals surface area contributed by atoms with Gasteiger partial charge in [-0.25, -0.2) is 4.98 Å². The lowest BCUT2D eigenvalue weighted by Gasteiger charge is -2.07. The number of fused-ring (bicyclic) bond motifs is 1. The van der Waals surface area contributed by atoms with Gasteiger partial charge in [-0.3, -0.25) is 0 Å².